The van der Waals surface area contributed by atoms with Crippen LogP contribution in [0.3, 0.4) is 0 Å². The minimum Gasteiger partial charge on any atom is -0.453 e. The largest absolute Gasteiger partial charge is 0.453 e. The van der Waals surface area contributed by atoms with Crippen molar-refractivity contribution < 1.29 is 22.7 Å². The molecule has 17 heavy (non-hydrogen) atoms. The molecule has 0 aromatic rings. The Balaban J connectivity index is 0.00000256. The fourth-order valence-electron chi connectivity index (χ4n) is 1.77. The molecule has 0 saturated carbocycles. The Bertz CT molecular complexity index is 245. The van der Waals surface area contributed by atoms with E-state index >= 15 is 0 Å². The Morgan fingerprint density at radius 2 is 1.94 bits per heavy atom. The van der Waals surface area contributed by atoms with Crippen LogP contribution in [0.5, 0.6) is 0 Å². The van der Waals surface area contributed by atoms with E-state index in [0.717, 1.165) is 12.0 Å². The highest BCUT2D eigenvalue weighted by Crippen LogP contribution is 2.21. The Morgan fingerprint density at radius 1 is 1.41 bits per heavy atom. The summed E-state index contributed by atoms with van der Waals surface area (Å²) in [4.78, 5) is 12.0. The number of nitrogens with one attached hydrogen (secondary N) is 1. The molecule has 1 aliphatic rings. The third kappa shape index (κ3) is 5.45. The van der Waals surface area contributed by atoms with Gasteiger partial charge in [0.05, 0.1) is 7.11 Å². The lowest BCUT2D eigenvalue weighted by atomic mass is 10.1. The van der Waals surface area contributed by atoms with Gasteiger partial charge in [0.2, 0.25) is 0 Å². The minimum atomic E-state index is -4.39. The van der Waals surface area contributed by atoms with Gasteiger partial charge >= 0.3 is 12.3 Å². The van der Waals surface area contributed by atoms with Crippen LogP contribution in [0.2, 0.25) is 0 Å². The summed E-state index contributed by atoms with van der Waals surface area (Å²) in [5.41, 5.74) is 0. The first-order valence-corrected chi connectivity index (χ1v) is 5.06. The van der Waals surface area contributed by atoms with Crippen molar-refractivity contribution in [1.29, 1.82) is 0 Å². The van der Waals surface area contributed by atoms with Gasteiger partial charge in [-0.05, 0) is 25.9 Å². The molecule has 0 unspecified atom stereocenters. The van der Waals surface area contributed by atoms with E-state index in [1.165, 1.54) is 0 Å². The van der Waals surface area contributed by atoms with Crippen LogP contribution in [0, 0.1) is 0 Å². The van der Waals surface area contributed by atoms with Crippen molar-refractivity contribution in [3.05, 3.63) is 0 Å². The highest BCUT2D eigenvalue weighted by atomic mass is 35.5. The van der Waals surface area contributed by atoms with E-state index in [-0.39, 0.29) is 12.4 Å². The molecule has 0 bridgehead atoms. The van der Waals surface area contributed by atoms with Gasteiger partial charge in [-0.3, -0.25) is 4.90 Å². The molecule has 102 valence electrons. The van der Waals surface area contributed by atoms with Gasteiger partial charge < -0.3 is 10.1 Å². The van der Waals surface area contributed by atoms with Crippen molar-refractivity contribution in [3.63, 3.8) is 0 Å². The lowest BCUT2D eigenvalue weighted by Crippen LogP contribution is -2.49. The van der Waals surface area contributed by atoms with Crippen molar-refractivity contribution >= 4 is 18.5 Å². The monoisotopic (exact) mass is 276 g/mol. The summed E-state index contributed by atoms with van der Waals surface area (Å²) < 4.78 is 41.3. The summed E-state index contributed by atoms with van der Waals surface area (Å²) in [6, 6.07) is -0.393. The van der Waals surface area contributed by atoms with Crippen molar-refractivity contribution in [2.75, 3.05) is 26.7 Å². The molecular formula is C9H16ClF3N2O2. The molecule has 0 radical (unpaired) electrons. The lowest BCUT2D eigenvalue weighted by molar-refractivity contribution is -0.147. The number of halogens is 4. The molecule has 0 atom stereocenters. The van der Waals surface area contributed by atoms with E-state index < -0.39 is 24.9 Å². The van der Waals surface area contributed by atoms with Crippen LogP contribution in [0.4, 0.5) is 18.0 Å². The topological polar surface area (TPSA) is 41.6 Å². The van der Waals surface area contributed by atoms with Crippen LogP contribution in [-0.2, 0) is 4.74 Å². The second kappa shape index (κ2) is 6.90. The molecule has 0 aromatic carbocycles. The molecule has 8 heteroatoms. The number of alkyl halides is 3. The molecule has 4 nitrogen and oxygen atoms in total. The van der Waals surface area contributed by atoms with Gasteiger partial charge in [0.25, 0.3) is 0 Å². The predicted molar refractivity (Wildman–Crippen MR) is 58.3 cm³/mol. The number of hydrogen-bond donors (Lipinski definition) is 1. The van der Waals surface area contributed by atoms with Gasteiger partial charge in [-0.25, -0.2) is 4.79 Å². The van der Waals surface area contributed by atoms with Gasteiger partial charge in [0.15, 0.2) is 0 Å². The van der Waals surface area contributed by atoms with Crippen LogP contribution in [0.25, 0.3) is 0 Å². The van der Waals surface area contributed by atoms with Crippen LogP contribution in [0.1, 0.15) is 12.8 Å². The first kappa shape index (κ1) is 16.3. The first-order valence-electron chi connectivity index (χ1n) is 5.06. The quantitative estimate of drug-likeness (QED) is 0.836. The Morgan fingerprint density at radius 3 is 2.35 bits per heavy atom. The fraction of sp³-hybridized carbons (Fsp3) is 0.889. The average Bonchev–Trinajstić information content (AvgIpc) is 2.25. The van der Waals surface area contributed by atoms with E-state index in [9.17, 15) is 18.0 Å². The minimum absolute atomic E-state index is 0. The lowest BCUT2D eigenvalue weighted by Gasteiger charge is -2.33. The molecule has 1 amide bonds. The fourth-order valence-corrected chi connectivity index (χ4v) is 1.77. The maximum atomic E-state index is 12.3. The zero-order chi connectivity index (χ0) is 12.2. The molecule has 1 fully saturated rings. The van der Waals surface area contributed by atoms with Gasteiger partial charge in [-0.15, -0.1) is 12.4 Å². The number of rotatable bonds is 2. The van der Waals surface area contributed by atoms with Crippen LogP contribution in [0.15, 0.2) is 0 Å². The van der Waals surface area contributed by atoms with Crippen LogP contribution in [-0.4, -0.2) is 50.0 Å². The Kier molecular flexibility index (Phi) is 6.62. The van der Waals surface area contributed by atoms with Crippen molar-refractivity contribution in [2.24, 2.45) is 0 Å². The Hall–Kier alpha value is -0.690. The molecule has 1 N–H and O–H groups in total. The zero-order valence-corrected chi connectivity index (χ0v) is 10.2. The maximum absolute atomic E-state index is 12.3. The summed E-state index contributed by atoms with van der Waals surface area (Å²) in [6.45, 7) is -0.00360. The van der Waals surface area contributed by atoms with E-state index in [2.05, 4.69) is 10.1 Å². The molecular weight excluding hydrogens is 261 g/mol. The van der Waals surface area contributed by atoms with E-state index in [0.29, 0.717) is 25.9 Å². The molecule has 0 aliphatic carbocycles. The third-order valence-corrected chi connectivity index (χ3v) is 2.51. The van der Waals surface area contributed by atoms with Gasteiger partial charge in [0, 0.05) is 6.04 Å². The summed E-state index contributed by atoms with van der Waals surface area (Å²) in [5.74, 6) is 0. The van der Waals surface area contributed by atoms with E-state index in [4.69, 9.17) is 0 Å². The van der Waals surface area contributed by atoms with Gasteiger partial charge in [-0.1, -0.05) is 0 Å². The Labute approximate surface area is 104 Å². The third-order valence-electron chi connectivity index (χ3n) is 2.51. The number of ether oxygens (including phenoxy) is 1. The average molecular weight is 277 g/mol. The summed E-state index contributed by atoms with van der Waals surface area (Å²) in [6.07, 6.45) is -4.26. The van der Waals surface area contributed by atoms with Crippen molar-refractivity contribution in [1.82, 2.24) is 10.2 Å². The number of methoxy groups -OCH3 is 1. The zero-order valence-electron chi connectivity index (χ0n) is 9.42. The summed E-state index contributed by atoms with van der Waals surface area (Å²) in [5, 5.41) is 3.03. The first-order chi connectivity index (χ1) is 7.44. The van der Waals surface area contributed by atoms with E-state index in [1.54, 1.807) is 0 Å². The second-order valence-electron chi connectivity index (χ2n) is 3.69. The molecule has 1 heterocycles. The second-order valence-corrected chi connectivity index (χ2v) is 3.69. The number of carbonyl (C=O) groups excluding carboxylic acids is 1. The molecule has 1 rings (SSSR count). The number of hydrogen-bond acceptors (Lipinski definition) is 3. The van der Waals surface area contributed by atoms with Crippen molar-refractivity contribution in [3.8, 4) is 0 Å². The predicted octanol–water partition coefficient (Wildman–Crippen LogP) is 1.79. The van der Waals surface area contributed by atoms with E-state index in [1.807, 2.05) is 0 Å². The SMILES string of the molecule is COC(=O)N(CC(F)(F)F)C1CCNCC1.Cl. The molecule has 1 saturated heterocycles. The molecule has 1 aliphatic heterocycles. The van der Waals surface area contributed by atoms with Crippen LogP contribution < -0.4 is 5.32 Å². The maximum Gasteiger partial charge on any atom is 0.410 e. The molecule has 0 spiro atoms. The highest BCUT2D eigenvalue weighted by Gasteiger charge is 2.37. The number of amides is 1. The number of piperidine rings is 1. The van der Waals surface area contributed by atoms with Crippen molar-refractivity contribution in [2.45, 2.75) is 25.1 Å². The standard InChI is InChI=1S/C9H15F3N2O2.ClH/c1-16-8(15)14(6-9(10,11)12)7-2-4-13-5-3-7;/h7,13H,2-6H2,1H3;1H. The van der Waals surface area contributed by atoms with Crippen LogP contribution >= 0.6 is 12.4 Å². The van der Waals surface area contributed by atoms with Gasteiger partial charge in [-0.2, -0.15) is 13.2 Å². The number of nitrogens with zero attached hydrogens (tertiary/aromatic N) is 1. The number of carbonyl (C=O) groups is 1. The summed E-state index contributed by atoms with van der Waals surface area (Å²) in [7, 11) is 1.09. The smallest absolute Gasteiger partial charge is 0.410 e. The molecule has 0 aromatic heterocycles. The normalized spacial score (nSPS) is 17.2. The highest BCUT2D eigenvalue weighted by molar-refractivity contribution is 5.85. The summed E-state index contributed by atoms with van der Waals surface area (Å²) >= 11 is 0. The van der Waals surface area contributed by atoms with Gasteiger partial charge in [0.1, 0.15) is 6.54 Å².